The van der Waals surface area contributed by atoms with E-state index in [2.05, 4.69) is 29.5 Å². The molecule has 1 saturated heterocycles. The number of carbonyl (C=O) groups excluding carboxylic acids is 1. The van der Waals surface area contributed by atoms with Crippen LogP contribution < -0.4 is 10.6 Å². The van der Waals surface area contributed by atoms with E-state index < -0.39 is 0 Å². The quantitative estimate of drug-likeness (QED) is 0.870. The summed E-state index contributed by atoms with van der Waals surface area (Å²) in [6.45, 7) is 5.56. The van der Waals surface area contributed by atoms with Gasteiger partial charge in [0.25, 0.3) is 5.91 Å². The normalized spacial score (nSPS) is 18.4. The lowest BCUT2D eigenvalue weighted by Gasteiger charge is -2.33. The number of piperidine rings is 1. The van der Waals surface area contributed by atoms with Crippen LogP contribution >= 0.6 is 0 Å². The molecule has 1 aliphatic heterocycles. The van der Waals surface area contributed by atoms with Crippen molar-refractivity contribution in [2.45, 2.75) is 32.4 Å². The molecule has 4 heteroatoms. The highest BCUT2D eigenvalue weighted by Gasteiger charge is 2.21. The van der Waals surface area contributed by atoms with Gasteiger partial charge >= 0.3 is 0 Å². The molecule has 21 heavy (non-hydrogen) atoms. The largest absolute Gasteiger partial charge is 0.355 e. The molecule has 1 heterocycles. The second-order valence-electron chi connectivity index (χ2n) is 6.09. The van der Waals surface area contributed by atoms with Crippen LogP contribution in [0.4, 0.5) is 0 Å². The van der Waals surface area contributed by atoms with E-state index in [0.717, 1.165) is 12.5 Å². The average molecular weight is 289 g/mol. The SMILES string of the molecule is CNC(=O)c1ccc(CNC(C)C2CCN(C)CC2)cc1. The molecule has 1 aromatic rings. The van der Waals surface area contributed by atoms with E-state index >= 15 is 0 Å². The minimum Gasteiger partial charge on any atom is -0.355 e. The molecule has 1 amide bonds. The first-order valence-corrected chi connectivity index (χ1v) is 7.83. The van der Waals surface area contributed by atoms with Crippen molar-refractivity contribution in [3.05, 3.63) is 35.4 Å². The summed E-state index contributed by atoms with van der Waals surface area (Å²) in [5.74, 6) is 0.737. The van der Waals surface area contributed by atoms with Gasteiger partial charge in [0.2, 0.25) is 0 Å². The summed E-state index contributed by atoms with van der Waals surface area (Å²) in [5.41, 5.74) is 1.94. The Kier molecular flexibility index (Phi) is 5.76. The molecule has 1 atom stereocenters. The molecule has 0 aromatic heterocycles. The lowest BCUT2D eigenvalue weighted by molar-refractivity contribution is 0.0963. The summed E-state index contributed by atoms with van der Waals surface area (Å²) in [4.78, 5) is 13.9. The minimum absolute atomic E-state index is 0.0331. The van der Waals surface area contributed by atoms with Gasteiger partial charge in [0, 0.05) is 25.2 Å². The Morgan fingerprint density at radius 2 is 1.90 bits per heavy atom. The summed E-state index contributed by atoms with van der Waals surface area (Å²) in [6.07, 6.45) is 2.56. The fourth-order valence-electron chi connectivity index (χ4n) is 2.89. The molecule has 2 N–H and O–H groups in total. The molecule has 4 nitrogen and oxygen atoms in total. The van der Waals surface area contributed by atoms with Crippen molar-refractivity contribution in [2.75, 3.05) is 27.2 Å². The number of nitrogens with one attached hydrogen (secondary N) is 2. The monoisotopic (exact) mass is 289 g/mol. The zero-order valence-electron chi connectivity index (χ0n) is 13.4. The molecule has 0 saturated carbocycles. The van der Waals surface area contributed by atoms with Gasteiger partial charge in [-0.15, -0.1) is 0 Å². The van der Waals surface area contributed by atoms with Crippen LogP contribution in [0, 0.1) is 5.92 Å². The van der Waals surface area contributed by atoms with E-state index in [4.69, 9.17) is 0 Å². The van der Waals surface area contributed by atoms with Gasteiger partial charge in [-0.1, -0.05) is 12.1 Å². The molecule has 0 bridgehead atoms. The maximum absolute atomic E-state index is 11.5. The molecule has 0 aliphatic carbocycles. The predicted octanol–water partition coefficient (Wildman–Crippen LogP) is 1.87. The average Bonchev–Trinajstić information content (AvgIpc) is 2.53. The lowest BCUT2D eigenvalue weighted by atomic mass is 9.90. The molecular weight excluding hydrogens is 262 g/mol. The summed E-state index contributed by atoms with van der Waals surface area (Å²) in [5, 5.41) is 6.27. The number of hydrogen-bond donors (Lipinski definition) is 2. The van der Waals surface area contributed by atoms with Crippen molar-refractivity contribution in [3.8, 4) is 0 Å². The van der Waals surface area contributed by atoms with Crippen LogP contribution in [0.25, 0.3) is 0 Å². The van der Waals surface area contributed by atoms with Crippen molar-refractivity contribution in [3.63, 3.8) is 0 Å². The Morgan fingerprint density at radius 3 is 2.48 bits per heavy atom. The van der Waals surface area contributed by atoms with Crippen LogP contribution in [0.3, 0.4) is 0 Å². The Morgan fingerprint density at radius 1 is 1.29 bits per heavy atom. The highest BCUT2D eigenvalue weighted by Crippen LogP contribution is 2.19. The molecule has 2 rings (SSSR count). The van der Waals surface area contributed by atoms with Crippen LogP contribution in [0.2, 0.25) is 0 Å². The fourth-order valence-corrected chi connectivity index (χ4v) is 2.89. The van der Waals surface area contributed by atoms with Crippen molar-refractivity contribution >= 4 is 5.91 Å². The highest BCUT2D eigenvalue weighted by atomic mass is 16.1. The van der Waals surface area contributed by atoms with Gasteiger partial charge < -0.3 is 15.5 Å². The first-order chi connectivity index (χ1) is 10.1. The highest BCUT2D eigenvalue weighted by molar-refractivity contribution is 5.93. The first kappa shape index (κ1) is 16.0. The topological polar surface area (TPSA) is 44.4 Å². The second-order valence-corrected chi connectivity index (χ2v) is 6.09. The summed E-state index contributed by atoms with van der Waals surface area (Å²) < 4.78 is 0. The third-order valence-corrected chi connectivity index (χ3v) is 4.54. The number of amides is 1. The van der Waals surface area contributed by atoms with Gasteiger partial charge in [0.1, 0.15) is 0 Å². The Balaban J connectivity index is 1.81. The predicted molar refractivity (Wildman–Crippen MR) is 86.4 cm³/mol. The third-order valence-electron chi connectivity index (χ3n) is 4.54. The molecule has 116 valence electrons. The van der Waals surface area contributed by atoms with E-state index in [0.29, 0.717) is 11.6 Å². The molecule has 1 aromatic carbocycles. The van der Waals surface area contributed by atoms with E-state index in [1.54, 1.807) is 7.05 Å². The van der Waals surface area contributed by atoms with Gasteiger partial charge in [-0.05, 0) is 63.5 Å². The van der Waals surface area contributed by atoms with Crippen molar-refractivity contribution in [1.82, 2.24) is 15.5 Å². The number of benzene rings is 1. The summed E-state index contributed by atoms with van der Waals surface area (Å²) >= 11 is 0. The standard InChI is InChI=1S/C17H27N3O/c1-13(15-8-10-20(3)11-9-15)19-12-14-4-6-16(7-5-14)17(21)18-2/h4-7,13,15,19H,8-12H2,1-3H3,(H,18,21). The maximum Gasteiger partial charge on any atom is 0.251 e. The van der Waals surface area contributed by atoms with E-state index in [9.17, 15) is 4.79 Å². The minimum atomic E-state index is -0.0331. The molecule has 1 aliphatic rings. The second kappa shape index (κ2) is 7.57. The molecule has 0 radical (unpaired) electrons. The third kappa shape index (κ3) is 4.55. The molecular formula is C17H27N3O. The number of hydrogen-bond acceptors (Lipinski definition) is 3. The van der Waals surface area contributed by atoms with Crippen LogP contribution in [-0.2, 0) is 6.54 Å². The van der Waals surface area contributed by atoms with Crippen LogP contribution in [-0.4, -0.2) is 44.0 Å². The summed E-state index contributed by atoms with van der Waals surface area (Å²) in [7, 11) is 3.85. The number of carbonyl (C=O) groups is 1. The Hall–Kier alpha value is -1.39. The molecule has 1 unspecified atom stereocenters. The first-order valence-electron chi connectivity index (χ1n) is 7.83. The summed E-state index contributed by atoms with van der Waals surface area (Å²) in [6, 6.07) is 8.36. The van der Waals surface area contributed by atoms with E-state index in [1.807, 2.05) is 24.3 Å². The van der Waals surface area contributed by atoms with Crippen molar-refractivity contribution < 1.29 is 4.79 Å². The van der Waals surface area contributed by atoms with Gasteiger partial charge in [-0.2, -0.15) is 0 Å². The van der Waals surface area contributed by atoms with Crippen LogP contribution in [0.15, 0.2) is 24.3 Å². The van der Waals surface area contributed by atoms with Crippen molar-refractivity contribution in [1.29, 1.82) is 0 Å². The number of rotatable bonds is 5. The Labute approximate surface area is 127 Å². The zero-order valence-corrected chi connectivity index (χ0v) is 13.4. The van der Waals surface area contributed by atoms with Gasteiger partial charge in [0.15, 0.2) is 0 Å². The van der Waals surface area contributed by atoms with E-state index in [-0.39, 0.29) is 5.91 Å². The number of nitrogens with zero attached hydrogens (tertiary/aromatic N) is 1. The van der Waals surface area contributed by atoms with Gasteiger partial charge in [-0.25, -0.2) is 0 Å². The van der Waals surface area contributed by atoms with Crippen LogP contribution in [0.5, 0.6) is 0 Å². The fraction of sp³-hybridized carbons (Fsp3) is 0.588. The Bertz CT molecular complexity index is 450. The molecule has 1 fully saturated rings. The van der Waals surface area contributed by atoms with Gasteiger partial charge in [0.05, 0.1) is 0 Å². The smallest absolute Gasteiger partial charge is 0.251 e. The van der Waals surface area contributed by atoms with Gasteiger partial charge in [-0.3, -0.25) is 4.79 Å². The number of likely N-dealkylation sites (tertiary alicyclic amines) is 1. The lowest BCUT2D eigenvalue weighted by Crippen LogP contribution is -2.40. The van der Waals surface area contributed by atoms with E-state index in [1.165, 1.54) is 31.5 Å². The van der Waals surface area contributed by atoms with Crippen molar-refractivity contribution in [2.24, 2.45) is 5.92 Å². The van der Waals surface area contributed by atoms with Crippen LogP contribution in [0.1, 0.15) is 35.7 Å². The maximum atomic E-state index is 11.5. The molecule has 0 spiro atoms. The zero-order chi connectivity index (χ0) is 15.2.